The first-order valence-corrected chi connectivity index (χ1v) is 14.7. The molecule has 0 radical (unpaired) electrons. The van der Waals surface area contributed by atoms with Crippen LogP contribution in [0.2, 0.25) is 0 Å². The highest BCUT2D eigenvalue weighted by Gasteiger charge is 2.55. The first kappa shape index (κ1) is 31.0. The Labute approximate surface area is 242 Å². The zero-order valence-corrected chi connectivity index (χ0v) is 23.5. The summed E-state index contributed by atoms with van der Waals surface area (Å²) in [5.41, 5.74) is 15.2. The summed E-state index contributed by atoms with van der Waals surface area (Å²) in [4.78, 5) is 37.8. The zero-order valence-electron chi connectivity index (χ0n) is 21.9. The molecule has 1 saturated carbocycles. The molecule has 0 aromatic carbocycles. The highest BCUT2D eigenvalue weighted by Crippen LogP contribution is 2.42. The number of nitrogen functional groups attached to an aromatic ring is 1. The minimum Gasteiger partial charge on any atom is -0.383 e. The van der Waals surface area contributed by atoms with Gasteiger partial charge in [0, 0.05) is 11.9 Å². The van der Waals surface area contributed by atoms with E-state index in [1.165, 1.54) is 16.5 Å². The zero-order chi connectivity index (χ0) is 30.8. The number of carbonyl (C=O) groups excluding carboxylic acids is 2. The Kier molecular flexibility index (Phi) is 8.93. The standard InChI is InChI=1S/C20H30N12O8S2/c21-4-1-5-30(18(22)23)7-10-6-25-31(28-10)8-12-14(16(34)32(12)42(37,38)39)27-15(33)13(11-9-41-19(24)26-11)29-40-20(2-3-20)17(35)36/h6,9,12,14,17,35-36H,1-5,7-8,21H2,(H3,22,23)(H2,24,26)(H,27,33)(H,37,38,39)/b29-13-/t12-,14+/m1/s1. The number of nitrogens with two attached hydrogens (primary N) is 3. The van der Waals surface area contributed by atoms with E-state index in [4.69, 9.17) is 27.4 Å². The van der Waals surface area contributed by atoms with Gasteiger partial charge in [-0.3, -0.25) is 19.6 Å². The van der Waals surface area contributed by atoms with E-state index in [-0.39, 0.29) is 47.0 Å². The molecule has 20 nitrogen and oxygen atoms in total. The first-order valence-electron chi connectivity index (χ1n) is 12.4. The number of aliphatic hydroxyl groups excluding tert-OH is 1. The molecular weight excluding hydrogens is 600 g/mol. The van der Waals surface area contributed by atoms with Gasteiger partial charge in [0.25, 0.3) is 11.8 Å². The van der Waals surface area contributed by atoms with Crippen LogP contribution in [0.1, 0.15) is 30.7 Å². The Bertz CT molecular complexity index is 1470. The molecule has 0 spiro atoms. The number of hydrogen-bond donors (Lipinski definition) is 8. The van der Waals surface area contributed by atoms with E-state index in [1.54, 1.807) is 0 Å². The SMILES string of the molecule is N=C(N)N(CCCN)Cc1cnn(C[C@@H]2[C@H](NC(=O)/C(=N\OC3(C(O)O)CC3)c3csc(N)n3)C(=O)N2S(=O)(=O)O)n1. The first-order chi connectivity index (χ1) is 19.8. The number of thiazole rings is 1. The second kappa shape index (κ2) is 12.1. The number of aliphatic hydroxyl groups is 2. The number of nitrogens with zero attached hydrogens (tertiary/aromatic N) is 7. The minimum absolute atomic E-state index is 0.0452. The molecule has 1 aliphatic heterocycles. The molecule has 2 aromatic heterocycles. The van der Waals surface area contributed by atoms with Crippen LogP contribution in [0, 0.1) is 5.41 Å². The van der Waals surface area contributed by atoms with E-state index in [0.717, 1.165) is 16.1 Å². The molecule has 0 unspecified atom stereocenters. The lowest BCUT2D eigenvalue weighted by Crippen LogP contribution is -2.73. The van der Waals surface area contributed by atoms with E-state index in [2.05, 4.69) is 25.7 Å². The number of aromatic nitrogens is 4. The average Bonchev–Trinajstić information content (AvgIpc) is 3.38. The third-order valence-electron chi connectivity index (χ3n) is 6.48. The number of oxime groups is 1. The number of carbonyl (C=O) groups is 2. The third kappa shape index (κ3) is 6.74. The molecule has 1 aliphatic carbocycles. The van der Waals surface area contributed by atoms with Crippen molar-refractivity contribution < 1.29 is 37.6 Å². The summed E-state index contributed by atoms with van der Waals surface area (Å²) in [5.74, 6) is -2.38. The monoisotopic (exact) mass is 630 g/mol. The Hall–Kier alpha value is -3.96. The van der Waals surface area contributed by atoms with Crippen molar-refractivity contribution >= 4 is 50.3 Å². The molecule has 2 atom stereocenters. The summed E-state index contributed by atoms with van der Waals surface area (Å²) in [6, 6.07) is -2.83. The van der Waals surface area contributed by atoms with Crippen LogP contribution in [0.4, 0.5) is 5.13 Å². The van der Waals surface area contributed by atoms with Crippen LogP contribution in [0.5, 0.6) is 0 Å². The van der Waals surface area contributed by atoms with Gasteiger partial charge in [-0.15, -0.1) is 11.3 Å². The molecular formula is C20H30N12O8S2. The van der Waals surface area contributed by atoms with Crippen molar-refractivity contribution in [2.75, 3.05) is 18.8 Å². The van der Waals surface area contributed by atoms with Crippen LogP contribution in [0.3, 0.4) is 0 Å². The van der Waals surface area contributed by atoms with Gasteiger partial charge in [-0.1, -0.05) is 5.16 Å². The molecule has 1 saturated heterocycles. The maximum Gasteiger partial charge on any atom is 0.362 e. The van der Waals surface area contributed by atoms with E-state index in [1.807, 2.05) is 0 Å². The summed E-state index contributed by atoms with van der Waals surface area (Å²) in [6.07, 6.45) is 0.549. The quantitative estimate of drug-likeness (QED) is 0.0247. The molecule has 2 amide bonds. The van der Waals surface area contributed by atoms with Gasteiger partial charge < -0.3 is 42.5 Å². The lowest BCUT2D eigenvalue weighted by molar-refractivity contribution is -0.161. The number of anilines is 1. The molecule has 2 fully saturated rings. The van der Waals surface area contributed by atoms with Gasteiger partial charge in [0.05, 0.1) is 19.3 Å². The molecule has 230 valence electrons. The van der Waals surface area contributed by atoms with Crippen LogP contribution in [0.15, 0.2) is 16.7 Å². The molecule has 0 bridgehead atoms. The topological polar surface area (TPSA) is 315 Å². The fraction of sp³-hybridized carbons (Fsp3) is 0.550. The van der Waals surface area contributed by atoms with Crippen LogP contribution in [-0.4, -0.2) is 113 Å². The summed E-state index contributed by atoms with van der Waals surface area (Å²) in [5, 5.41) is 42.7. The van der Waals surface area contributed by atoms with Crippen LogP contribution in [0.25, 0.3) is 0 Å². The molecule has 42 heavy (non-hydrogen) atoms. The Morgan fingerprint density at radius 3 is 2.67 bits per heavy atom. The fourth-order valence-corrected chi connectivity index (χ4v) is 5.45. The van der Waals surface area contributed by atoms with Crippen LogP contribution < -0.4 is 22.5 Å². The minimum atomic E-state index is -5.03. The second-order valence-corrected chi connectivity index (χ2v) is 11.7. The second-order valence-electron chi connectivity index (χ2n) is 9.51. The van der Waals surface area contributed by atoms with Crippen molar-refractivity contribution in [3.05, 3.63) is 23.0 Å². The average molecular weight is 631 g/mol. The molecule has 4 rings (SSSR count). The number of guanidine groups is 1. The highest BCUT2D eigenvalue weighted by atomic mass is 32.2. The molecule has 2 aliphatic rings. The smallest absolute Gasteiger partial charge is 0.362 e. The van der Waals surface area contributed by atoms with E-state index in [0.29, 0.717) is 25.2 Å². The van der Waals surface area contributed by atoms with Gasteiger partial charge in [0.2, 0.25) is 0 Å². The van der Waals surface area contributed by atoms with Crippen molar-refractivity contribution in [1.82, 2.24) is 34.5 Å². The lowest BCUT2D eigenvalue weighted by Gasteiger charge is -2.43. The van der Waals surface area contributed by atoms with Crippen molar-refractivity contribution in [2.45, 2.75) is 56.3 Å². The van der Waals surface area contributed by atoms with Crippen molar-refractivity contribution in [1.29, 1.82) is 5.41 Å². The van der Waals surface area contributed by atoms with Gasteiger partial charge in [-0.25, -0.2) is 9.29 Å². The summed E-state index contributed by atoms with van der Waals surface area (Å²) < 4.78 is 33.7. The van der Waals surface area contributed by atoms with Gasteiger partial charge >= 0.3 is 10.3 Å². The predicted octanol–water partition coefficient (Wildman–Crippen LogP) is -3.88. The van der Waals surface area contributed by atoms with Crippen molar-refractivity contribution in [3.63, 3.8) is 0 Å². The molecule has 2 aromatic rings. The van der Waals surface area contributed by atoms with Gasteiger partial charge in [0.1, 0.15) is 23.5 Å². The van der Waals surface area contributed by atoms with Crippen LogP contribution in [-0.2, 0) is 37.8 Å². The normalized spacial score (nSPS) is 19.9. The molecule has 11 N–H and O–H groups in total. The molecule has 3 heterocycles. The van der Waals surface area contributed by atoms with Crippen LogP contribution >= 0.6 is 11.3 Å². The third-order valence-corrected chi connectivity index (χ3v) is 8.10. The number of β-lactam (4-membered cyclic amide) rings is 1. The maximum absolute atomic E-state index is 13.2. The predicted molar refractivity (Wildman–Crippen MR) is 144 cm³/mol. The number of amides is 2. The lowest BCUT2D eigenvalue weighted by atomic mass is 9.98. The number of hydrogen-bond acceptors (Lipinski definition) is 15. The summed E-state index contributed by atoms with van der Waals surface area (Å²) in [6.45, 7) is 0.494. The molecule has 22 heteroatoms. The van der Waals surface area contributed by atoms with Gasteiger partial charge in [-0.2, -0.15) is 23.4 Å². The van der Waals surface area contributed by atoms with Crippen molar-refractivity contribution in [3.8, 4) is 0 Å². The summed E-state index contributed by atoms with van der Waals surface area (Å²) in [7, 11) is -5.03. The number of rotatable bonds is 14. The highest BCUT2D eigenvalue weighted by molar-refractivity contribution is 7.84. The Morgan fingerprint density at radius 1 is 1.40 bits per heavy atom. The Balaban J connectivity index is 1.53. The number of nitrogens with one attached hydrogen (secondary N) is 2. The van der Waals surface area contributed by atoms with E-state index >= 15 is 0 Å². The maximum atomic E-state index is 13.2. The van der Waals surface area contributed by atoms with Crippen molar-refractivity contribution in [2.24, 2.45) is 16.6 Å². The largest absolute Gasteiger partial charge is 0.383 e. The Morgan fingerprint density at radius 2 is 2.12 bits per heavy atom. The van der Waals surface area contributed by atoms with E-state index < -0.39 is 51.8 Å². The van der Waals surface area contributed by atoms with Gasteiger partial charge in [0.15, 0.2) is 28.7 Å². The fourth-order valence-electron chi connectivity index (χ4n) is 4.03. The van der Waals surface area contributed by atoms with E-state index in [9.17, 15) is 32.8 Å². The van der Waals surface area contributed by atoms with Gasteiger partial charge in [-0.05, 0) is 25.8 Å². The summed E-state index contributed by atoms with van der Waals surface area (Å²) >= 11 is 0.976.